The number of hydrogen-bond donors (Lipinski definition) is 0. The van der Waals surface area contributed by atoms with Crippen LogP contribution in [0.2, 0.25) is 0 Å². The molecule has 0 aromatic carbocycles. The molecule has 0 amide bonds. The standard InChI is InChI=1S/C17H25N4S/c1-3-5-6-7-9-21(10-8-16-13-22-14-20-16)17-18-11-15(4-2)12-19-17/h11-13H,3-10H2,1-2H3. The average Bonchev–Trinajstić information content (AvgIpc) is 3.08. The van der Waals surface area contributed by atoms with E-state index in [1.807, 2.05) is 12.4 Å². The van der Waals surface area contributed by atoms with Gasteiger partial charge in [0.15, 0.2) is 5.51 Å². The normalized spacial score (nSPS) is 10.8. The SMILES string of the molecule is CCCCCCN(CCc1cs[c]n1)c1ncc(CC)cn1. The van der Waals surface area contributed by atoms with Gasteiger partial charge in [0, 0.05) is 37.3 Å². The average molecular weight is 317 g/mol. The van der Waals surface area contributed by atoms with Gasteiger partial charge in [-0.15, -0.1) is 11.3 Å². The summed E-state index contributed by atoms with van der Waals surface area (Å²) in [5.74, 6) is 0.841. The summed E-state index contributed by atoms with van der Waals surface area (Å²) in [6.45, 7) is 6.29. The van der Waals surface area contributed by atoms with Gasteiger partial charge in [-0.05, 0) is 18.4 Å². The quantitative estimate of drug-likeness (QED) is 0.623. The van der Waals surface area contributed by atoms with Crippen molar-refractivity contribution in [3.8, 4) is 0 Å². The second kappa shape index (κ2) is 9.51. The molecule has 0 spiro atoms. The lowest BCUT2D eigenvalue weighted by molar-refractivity contribution is 0.632. The Kier molecular flexibility index (Phi) is 7.30. The molecule has 4 nitrogen and oxygen atoms in total. The molecule has 1 radical (unpaired) electrons. The van der Waals surface area contributed by atoms with Crippen molar-refractivity contribution in [3.63, 3.8) is 0 Å². The fraction of sp³-hybridized carbons (Fsp3) is 0.588. The highest BCUT2D eigenvalue weighted by Crippen LogP contribution is 2.12. The highest BCUT2D eigenvalue weighted by Gasteiger charge is 2.10. The third-order valence-corrected chi connectivity index (χ3v) is 4.33. The van der Waals surface area contributed by atoms with Crippen LogP contribution in [0.1, 0.15) is 50.8 Å². The maximum Gasteiger partial charge on any atom is 0.225 e. The van der Waals surface area contributed by atoms with Crippen molar-refractivity contribution < 1.29 is 0 Å². The molecular weight excluding hydrogens is 292 g/mol. The predicted molar refractivity (Wildman–Crippen MR) is 92.4 cm³/mol. The van der Waals surface area contributed by atoms with Crippen molar-refractivity contribution in [1.82, 2.24) is 15.0 Å². The van der Waals surface area contributed by atoms with E-state index in [2.05, 4.69) is 44.6 Å². The van der Waals surface area contributed by atoms with Gasteiger partial charge in [0.2, 0.25) is 5.95 Å². The Bertz CT molecular complexity index is 510. The monoisotopic (exact) mass is 317 g/mol. The van der Waals surface area contributed by atoms with Crippen molar-refractivity contribution in [2.75, 3.05) is 18.0 Å². The summed E-state index contributed by atoms with van der Waals surface area (Å²) >= 11 is 1.53. The molecule has 0 aliphatic rings. The van der Waals surface area contributed by atoms with E-state index in [-0.39, 0.29) is 0 Å². The molecule has 2 rings (SSSR count). The van der Waals surface area contributed by atoms with E-state index in [9.17, 15) is 0 Å². The molecule has 0 N–H and O–H groups in total. The van der Waals surface area contributed by atoms with Crippen LogP contribution in [0.15, 0.2) is 17.8 Å². The Balaban J connectivity index is 1.95. The van der Waals surface area contributed by atoms with Crippen LogP contribution in [0.5, 0.6) is 0 Å². The van der Waals surface area contributed by atoms with Gasteiger partial charge in [-0.3, -0.25) is 0 Å². The van der Waals surface area contributed by atoms with Gasteiger partial charge < -0.3 is 4.90 Å². The maximum absolute atomic E-state index is 4.54. The van der Waals surface area contributed by atoms with Gasteiger partial charge in [0.1, 0.15) is 0 Å². The molecular formula is C17H25N4S. The number of unbranched alkanes of at least 4 members (excludes halogenated alkanes) is 3. The summed E-state index contributed by atoms with van der Waals surface area (Å²) in [7, 11) is 0. The molecule has 0 saturated carbocycles. The van der Waals surface area contributed by atoms with Crippen LogP contribution in [0.3, 0.4) is 0 Å². The highest BCUT2D eigenvalue weighted by molar-refractivity contribution is 7.07. The highest BCUT2D eigenvalue weighted by atomic mass is 32.1. The Hall–Kier alpha value is -1.49. The molecule has 0 unspecified atom stereocenters. The Morgan fingerprint density at radius 3 is 2.55 bits per heavy atom. The molecule has 2 aromatic heterocycles. The first kappa shape index (κ1) is 16.9. The largest absolute Gasteiger partial charge is 0.340 e. The van der Waals surface area contributed by atoms with Gasteiger partial charge in [0.05, 0.1) is 5.69 Å². The summed E-state index contributed by atoms with van der Waals surface area (Å²) in [5.41, 5.74) is 5.20. The molecule has 0 bridgehead atoms. The smallest absolute Gasteiger partial charge is 0.225 e. The second-order valence-electron chi connectivity index (χ2n) is 5.47. The van der Waals surface area contributed by atoms with Crippen molar-refractivity contribution in [2.45, 2.75) is 52.4 Å². The van der Waals surface area contributed by atoms with Gasteiger partial charge in [-0.1, -0.05) is 33.1 Å². The fourth-order valence-corrected chi connectivity index (χ4v) is 2.83. The van der Waals surface area contributed by atoms with Crippen LogP contribution in [-0.2, 0) is 12.8 Å². The summed E-state index contributed by atoms with van der Waals surface area (Å²) < 4.78 is 0. The van der Waals surface area contributed by atoms with E-state index in [1.54, 1.807) is 0 Å². The number of anilines is 1. The van der Waals surface area contributed by atoms with Gasteiger partial charge >= 0.3 is 0 Å². The zero-order valence-electron chi connectivity index (χ0n) is 13.6. The molecule has 0 fully saturated rings. The van der Waals surface area contributed by atoms with Crippen LogP contribution in [0.4, 0.5) is 5.95 Å². The lowest BCUT2D eigenvalue weighted by atomic mass is 10.2. The van der Waals surface area contributed by atoms with Crippen LogP contribution < -0.4 is 4.90 Å². The first-order valence-corrected chi connectivity index (χ1v) is 9.07. The minimum atomic E-state index is 0.841. The van der Waals surface area contributed by atoms with Crippen molar-refractivity contribution >= 4 is 17.3 Å². The number of nitrogens with zero attached hydrogens (tertiary/aromatic N) is 4. The second-order valence-corrected chi connectivity index (χ2v) is 6.13. The van der Waals surface area contributed by atoms with E-state index >= 15 is 0 Å². The molecule has 2 heterocycles. The molecule has 0 aliphatic carbocycles. The zero-order chi connectivity index (χ0) is 15.6. The summed E-state index contributed by atoms with van der Waals surface area (Å²) in [6, 6.07) is 0. The Labute approximate surface area is 137 Å². The Morgan fingerprint density at radius 2 is 1.91 bits per heavy atom. The van der Waals surface area contributed by atoms with Crippen LogP contribution in [0, 0.1) is 5.51 Å². The van der Waals surface area contributed by atoms with E-state index in [0.29, 0.717) is 0 Å². The molecule has 0 atom stereocenters. The predicted octanol–water partition coefficient (Wildman–Crippen LogP) is 3.93. The topological polar surface area (TPSA) is 41.9 Å². The fourth-order valence-electron chi connectivity index (χ4n) is 2.31. The summed E-state index contributed by atoms with van der Waals surface area (Å²) in [6.07, 6.45) is 10.8. The van der Waals surface area contributed by atoms with Crippen LogP contribution in [0.25, 0.3) is 0 Å². The number of hydrogen-bond acceptors (Lipinski definition) is 5. The third-order valence-electron chi connectivity index (χ3n) is 3.74. The summed E-state index contributed by atoms with van der Waals surface area (Å²) in [4.78, 5) is 15.6. The Morgan fingerprint density at radius 1 is 1.09 bits per heavy atom. The van der Waals surface area contributed by atoms with Crippen molar-refractivity contribution in [1.29, 1.82) is 0 Å². The van der Waals surface area contributed by atoms with E-state index < -0.39 is 0 Å². The first-order chi connectivity index (χ1) is 10.8. The molecule has 2 aromatic rings. The number of aromatic nitrogens is 3. The van der Waals surface area contributed by atoms with E-state index in [4.69, 9.17) is 0 Å². The lowest BCUT2D eigenvalue weighted by Gasteiger charge is -2.22. The van der Waals surface area contributed by atoms with Crippen molar-refractivity contribution in [2.24, 2.45) is 0 Å². The number of aryl methyl sites for hydroxylation is 1. The zero-order valence-corrected chi connectivity index (χ0v) is 14.4. The van der Waals surface area contributed by atoms with Gasteiger partial charge in [-0.25, -0.2) is 15.0 Å². The number of rotatable bonds is 10. The lowest BCUT2D eigenvalue weighted by Crippen LogP contribution is -2.29. The van der Waals surface area contributed by atoms with Gasteiger partial charge in [-0.2, -0.15) is 0 Å². The van der Waals surface area contributed by atoms with Crippen LogP contribution in [-0.4, -0.2) is 28.0 Å². The van der Waals surface area contributed by atoms with E-state index in [0.717, 1.165) is 37.6 Å². The molecule has 0 saturated heterocycles. The molecule has 22 heavy (non-hydrogen) atoms. The molecule has 0 aliphatic heterocycles. The molecule has 119 valence electrons. The first-order valence-electron chi connectivity index (χ1n) is 8.19. The summed E-state index contributed by atoms with van der Waals surface area (Å²) in [5, 5.41) is 2.07. The molecule has 5 heteroatoms. The van der Waals surface area contributed by atoms with Gasteiger partial charge in [0.25, 0.3) is 0 Å². The van der Waals surface area contributed by atoms with Crippen LogP contribution >= 0.6 is 11.3 Å². The maximum atomic E-state index is 4.54. The van der Waals surface area contributed by atoms with E-state index in [1.165, 1.54) is 42.6 Å². The minimum Gasteiger partial charge on any atom is -0.340 e. The van der Waals surface area contributed by atoms with Crippen molar-refractivity contribution in [3.05, 3.63) is 34.5 Å². The number of thiazole rings is 1. The minimum absolute atomic E-state index is 0.841. The third kappa shape index (κ3) is 5.37.